The van der Waals surface area contributed by atoms with Gasteiger partial charge in [0.2, 0.25) is 11.8 Å². The Bertz CT molecular complexity index is 712. The Labute approximate surface area is 152 Å². The van der Waals surface area contributed by atoms with Crippen LogP contribution in [-0.2, 0) is 16.0 Å². The van der Waals surface area contributed by atoms with E-state index in [1.54, 1.807) is 24.3 Å². The summed E-state index contributed by atoms with van der Waals surface area (Å²) >= 11 is 5.06. The molecule has 1 aliphatic rings. The molecule has 1 aliphatic heterocycles. The van der Waals surface area contributed by atoms with Crippen molar-refractivity contribution in [2.45, 2.75) is 39.2 Å². The zero-order chi connectivity index (χ0) is 18.6. The van der Waals surface area contributed by atoms with Gasteiger partial charge in [0, 0.05) is 24.1 Å². The van der Waals surface area contributed by atoms with Gasteiger partial charge in [0.25, 0.3) is 5.91 Å². The maximum absolute atomic E-state index is 12.4. The predicted molar refractivity (Wildman–Crippen MR) is 97.6 cm³/mol. The predicted octanol–water partition coefficient (Wildman–Crippen LogP) is 0.895. The van der Waals surface area contributed by atoms with Crippen LogP contribution in [0.3, 0.4) is 0 Å². The van der Waals surface area contributed by atoms with E-state index >= 15 is 0 Å². The number of hydrogen-bond acceptors (Lipinski definition) is 4. The Kier molecular flexibility index (Phi) is 5.73. The third kappa shape index (κ3) is 5.25. The highest BCUT2D eigenvalue weighted by molar-refractivity contribution is 7.80. The van der Waals surface area contributed by atoms with Gasteiger partial charge in [-0.2, -0.15) is 0 Å². The van der Waals surface area contributed by atoms with E-state index in [-0.39, 0.29) is 42.6 Å². The number of hydrazine groups is 1. The largest absolute Gasteiger partial charge is 0.357 e. The molecule has 0 aliphatic carbocycles. The molecule has 134 valence electrons. The van der Waals surface area contributed by atoms with E-state index in [1.165, 1.54) is 0 Å². The summed E-state index contributed by atoms with van der Waals surface area (Å²) in [6, 6.07) is 7.00. The minimum Gasteiger partial charge on any atom is -0.357 e. The van der Waals surface area contributed by atoms with Crippen molar-refractivity contribution >= 4 is 35.1 Å². The molecule has 0 saturated heterocycles. The number of fused-ring (bicyclic) bond motifs is 1. The van der Waals surface area contributed by atoms with Gasteiger partial charge in [0.15, 0.2) is 5.11 Å². The van der Waals surface area contributed by atoms with Gasteiger partial charge in [-0.1, -0.05) is 18.2 Å². The SMILES string of the molecule is CC(C)(C)NC(=S)NNC(=O)CCN1C(=O)Cc2ccccc2C1=O. The highest BCUT2D eigenvalue weighted by Crippen LogP contribution is 2.19. The van der Waals surface area contributed by atoms with Gasteiger partial charge in [-0.05, 0) is 44.6 Å². The van der Waals surface area contributed by atoms with Crippen LogP contribution in [0, 0.1) is 0 Å². The van der Waals surface area contributed by atoms with Gasteiger partial charge < -0.3 is 5.32 Å². The second kappa shape index (κ2) is 7.60. The fourth-order valence-corrected chi connectivity index (χ4v) is 2.76. The van der Waals surface area contributed by atoms with E-state index in [1.807, 2.05) is 20.8 Å². The summed E-state index contributed by atoms with van der Waals surface area (Å²) in [5.74, 6) is -1.02. The third-order valence-corrected chi connectivity index (χ3v) is 3.71. The first-order valence-electron chi connectivity index (χ1n) is 7.97. The number of rotatable bonds is 3. The molecular formula is C17H22N4O3S. The van der Waals surface area contributed by atoms with E-state index in [0.29, 0.717) is 10.7 Å². The first-order valence-corrected chi connectivity index (χ1v) is 8.38. The topological polar surface area (TPSA) is 90.5 Å². The van der Waals surface area contributed by atoms with Crippen LogP contribution >= 0.6 is 12.2 Å². The molecule has 1 aromatic rings. The number of thiocarbonyl (C=S) groups is 1. The normalized spacial score (nSPS) is 14.0. The van der Waals surface area contributed by atoms with Gasteiger partial charge in [0.1, 0.15) is 0 Å². The highest BCUT2D eigenvalue weighted by atomic mass is 32.1. The van der Waals surface area contributed by atoms with Crippen molar-refractivity contribution in [1.82, 2.24) is 21.1 Å². The number of benzene rings is 1. The molecule has 1 heterocycles. The van der Waals surface area contributed by atoms with Crippen LogP contribution in [0.4, 0.5) is 0 Å². The number of hydrogen-bond donors (Lipinski definition) is 3. The van der Waals surface area contributed by atoms with Crippen LogP contribution in [0.25, 0.3) is 0 Å². The smallest absolute Gasteiger partial charge is 0.260 e. The number of nitrogens with zero attached hydrogens (tertiary/aromatic N) is 1. The Hall–Kier alpha value is -2.48. The fourth-order valence-electron chi connectivity index (χ4n) is 2.40. The zero-order valence-corrected chi connectivity index (χ0v) is 15.3. The molecule has 3 N–H and O–H groups in total. The lowest BCUT2D eigenvalue weighted by Gasteiger charge is -2.26. The molecule has 7 nitrogen and oxygen atoms in total. The van der Waals surface area contributed by atoms with E-state index in [4.69, 9.17) is 12.2 Å². The summed E-state index contributed by atoms with van der Waals surface area (Å²) in [5, 5.41) is 3.28. The van der Waals surface area contributed by atoms with Crippen molar-refractivity contribution in [3.63, 3.8) is 0 Å². The molecule has 0 spiro atoms. The Balaban J connectivity index is 1.85. The number of amides is 3. The van der Waals surface area contributed by atoms with Crippen molar-refractivity contribution in [3.8, 4) is 0 Å². The molecule has 0 saturated carbocycles. The van der Waals surface area contributed by atoms with Gasteiger partial charge in [-0.3, -0.25) is 30.1 Å². The Morgan fingerprint density at radius 1 is 1.20 bits per heavy atom. The maximum atomic E-state index is 12.4. The Morgan fingerprint density at radius 3 is 2.56 bits per heavy atom. The van der Waals surface area contributed by atoms with Crippen LogP contribution in [0.5, 0.6) is 0 Å². The summed E-state index contributed by atoms with van der Waals surface area (Å²) in [6.45, 7) is 5.84. The number of imide groups is 1. The molecule has 0 radical (unpaired) electrons. The van der Waals surface area contributed by atoms with Crippen LogP contribution in [0.2, 0.25) is 0 Å². The first-order chi connectivity index (χ1) is 11.7. The lowest BCUT2D eigenvalue weighted by Crippen LogP contribution is -2.52. The highest BCUT2D eigenvalue weighted by Gasteiger charge is 2.30. The van der Waals surface area contributed by atoms with Gasteiger partial charge in [-0.25, -0.2) is 0 Å². The molecule has 8 heteroatoms. The standard InChI is InChI=1S/C17H22N4O3S/c1-17(2,3)18-16(25)20-19-13(22)8-9-21-14(23)10-11-6-4-5-7-12(11)15(21)24/h4-7H,8-10H2,1-3H3,(H,19,22)(H2,18,20,25). The lowest BCUT2D eigenvalue weighted by atomic mass is 9.98. The molecule has 25 heavy (non-hydrogen) atoms. The van der Waals surface area contributed by atoms with Crippen molar-refractivity contribution < 1.29 is 14.4 Å². The van der Waals surface area contributed by atoms with Crippen molar-refractivity contribution in [3.05, 3.63) is 35.4 Å². The molecule has 0 aromatic heterocycles. The maximum Gasteiger partial charge on any atom is 0.260 e. The second-order valence-electron chi connectivity index (χ2n) is 6.81. The molecular weight excluding hydrogens is 340 g/mol. The van der Waals surface area contributed by atoms with Gasteiger partial charge in [-0.15, -0.1) is 0 Å². The van der Waals surface area contributed by atoms with Crippen LogP contribution in [0.1, 0.15) is 43.1 Å². The zero-order valence-electron chi connectivity index (χ0n) is 14.5. The lowest BCUT2D eigenvalue weighted by molar-refractivity contribution is -0.129. The van der Waals surface area contributed by atoms with Crippen molar-refractivity contribution in [1.29, 1.82) is 0 Å². The Morgan fingerprint density at radius 2 is 1.88 bits per heavy atom. The van der Waals surface area contributed by atoms with E-state index in [9.17, 15) is 14.4 Å². The molecule has 0 unspecified atom stereocenters. The molecule has 0 bridgehead atoms. The number of carbonyl (C=O) groups is 3. The summed E-state index contributed by atoms with van der Waals surface area (Å²) in [6.07, 6.45) is 0.159. The van der Waals surface area contributed by atoms with E-state index in [2.05, 4.69) is 16.2 Å². The van der Waals surface area contributed by atoms with Crippen LogP contribution in [-0.4, -0.2) is 39.8 Å². The minimum absolute atomic E-state index is 0.00915. The summed E-state index contributed by atoms with van der Waals surface area (Å²) < 4.78 is 0. The quantitative estimate of drug-likeness (QED) is 0.420. The second-order valence-corrected chi connectivity index (χ2v) is 7.22. The van der Waals surface area contributed by atoms with Crippen LogP contribution < -0.4 is 16.2 Å². The number of carbonyl (C=O) groups excluding carboxylic acids is 3. The third-order valence-electron chi connectivity index (χ3n) is 3.50. The first kappa shape index (κ1) is 18.9. The number of nitrogens with one attached hydrogen (secondary N) is 3. The summed E-state index contributed by atoms with van der Waals surface area (Å²) in [7, 11) is 0. The minimum atomic E-state index is -0.363. The average Bonchev–Trinajstić information content (AvgIpc) is 2.51. The van der Waals surface area contributed by atoms with E-state index < -0.39 is 0 Å². The van der Waals surface area contributed by atoms with E-state index in [0.717, 1.165) is 10.5 Å². The fraction of sp³-hybridized carbons (Fsp3) is 0.412. The summed E-state index contributed by atoms with van der Waals surface area (Å²) in [4.78, 5) is 37.5. The van der Waals surface area contributed by atoms with Crippen molar-refractivity contribution in [2.75, 3.05) is 6.54 Å². The molecule has 2 rings (SSSR count). The van der Waals surface area contributed by atoms with Gasteiger partial charge in [0.05, 0.1) is 6.42 Å². The average molecular weight is 362 g/mol. The monoisotopic (exact) mass is 362 g/mol. The van der Waals surface area contributed by atoms with Crippen LogP contribution in [0.15, 0.2) is 24.3 Å². The molecule has 0 fully saturated rings. The molecule has 1 aromatic carbocycles. The molecule has 0 atom stereocenters. The molecule has 3 amide bonds. The summed E-state index contributed by atoms with van der Waals surface area (Å²) in [5.41, 5.74) is 6.05. The van der Waals surface area contributed by atoms with Gasteiger partial charge >= 0.3 is 0 Å². The van der Waals surface area contributed by atoms with Crippen molar-refractivity contribution in [2.24, 2.45) is 0 Å².